The fourth-order valence-electron chi connectivity index (χ4n) is 4.11. The van der Waals surface area contributed by atoms with E-state index in [1.54, 1.807) is 27.8 Å². The zero-order chi connectivity index (χ0) is 22.1. The number of fused-ring (bicyclic) bond motifs is 1. The summed E-state index contributed by atoms with van der Waals surface area (Å²) in [5.41, 5.74) is 1.52. The summed E-state index contributed by atoms with van der Waals surface area (Å²) in [7, 11) is 3.75. The molecule has 3 aromatic heterocycles. The van der Waals surface area contributed by atoms with Gasteiger partial charge in [-0.1, -0.05) is 6.92 Å². The quantitative estimate of drug-likeness (QED) is 0.512. The third kappa shape index (κ3) is 3.98. The molecule has 0 unspecified atom stereocenters. The first kappa shape index (κ1) is 21.2. The molecule has 0 aliphatic heterocycles. The molecule has 1 fully saturated rings. The minimum Gasteiger partial charge on any atom is -0.388 e. The van der Waals surface area contributed by atoms with E-state index in [0.29, 0.717) is 35.5 Å². The minimum atomic E-state index is -1.13. The van der Waals surface area contributed by atoms with Gasteiger partial charge in [-0.2, -0.15) is 5.10 Å². The number of amides is 1. The maximum absolute atomic E-state index is 12.6. The van der Waals surface area contributed by atoms with Gasteiger partial charge in [0.2, 0.25) is 0 Å². The van der Waals surface area contributed by atoms with Crippen molar-refractivity contribution in [3.8, 4) is 0 Å². The van der Waals surface area contributed by atoms with Gasteiger partial charge in [0, 0.05) is 26.8 Å². The van der Waals surface area contributed by atoms with Crippen LogP contribution in [0.15, 0.2) is 24.9 Å². The average molecular weight is 428 g/mol. The molecule has 11 heteroatoms. The van der Waals surface area contributed by atoms with Crippen LogP contribution in [0, 0.1) is 0 Å². The molecule has 1 amide bonds. The monoisotopic (exact) mass is 428 g/mol. The van der Waals surface area contributed by atoms with Crippen LogP contribution in [-0.4, -0.2) is 77.8 Å². The molecule has 3 aromatic rings. The zero-order valence-corrected chi connectivity index (χ0v) is 17.9. The Morgan fingerprint density at radius 1 is 1.23 bits per heavy atom. The summed E-state index contributed by atoms with van der Waals surface area (Å²) in [4.78, 5) is 27.4. The molecule has 3 N–H and O–H groups in total. The first-order chi connectivity index (χ1) is 14.9. The third-order valence-corrected chi connectivity index (χ3v) is 5.69. The Labute approximate surface area is 179 Å². The molecule has 31 heavy (non-hydrogen) atoms. The molecule has 0 radical (unpaired) electrons. The predicted molar refractivity (Wildman–Crippen MR) is 114 cm³/mol. The van der Waals surface area contributed by atoms with Crippen LogP contribution in [0.2, 0.25) is 0 Å². The van der Waals surface area contributed by atoms with Gasteiger partial charge in [-0.25, -0.2) is 15.0 Å². The molecular weight excluding hydrogens is 400 g/mol. The molecule has 0 saturated heterocycles. The fraction of sp³-hybridized carbons (Fsp3) is 0.550. The van der Waals surface area contributed by atoms with Gasteiger partial charge in [0.25, 0.3) is 5.91 Å². The molecule has 4 atom stereocenters. The Kier molecular flexibility index (Phi) is 5.88. The highest BCUT2D eigenvalue weighted by Gasteiger charge is 2.40. The lowest BCUT2D eigenvalue weighted by molar-refractivity contribution is -0.0553. The summed E-state index contributed by atoms with van der Waals surface area (Å²) in [5.74, 6) is 0.322. The molecule has 1 saturated carbocycles. The van der Waals surface area contributed by atoms with Gasteiger partial charge in [0.05, 0.1) is 18.4 Å². The summed E-state index contributed by atoms with van der Waals surface area (Å²) in [6.07, 6.45) is 4.57. The lowest BCUT2D eigenvalue weighted by Crippen LogP contribution is -2.54. The van der Waals surface area contributed by atoms with Crippen molar-refractivity contribution in [2.45, 2.75) is 57.0 Å². The van der Waals surface area contributed by atoms with E-state index >= 15 is 0 Å². The van der Waals surface area contributed by atoms with Gasteiger partial charge >= 0.3 is 0 Å². The number of anilines is 1. The van der Waals surface area contributed by atoms with Crippen LogP contribution in [0.5, 0.6) is 0 Å². The predicted octanol–water partition coefficient (Wildman–Crippen LogP) is 0.354. The van der Waals surface area contributed by atoms with E-state index in [0.717, 1.165) is 13.0 Å². The van der Waals surface area contributed by atoms with Crippen molar-refractivity contribution in [2.24, 2.45) is 0 Å². The second-order valence-corrected chi connectivity index (χ2v) is 8.09. The van der Waals surface area contributed by atoms with E-state index in [-0.39, 0.29) is 5.91 Å². The van der Waals surface area contributed by atoms with E-state index in [1.165, 1.54) is 6.33 Å². The van der Waals surface area contributed by atoms with Crippen LogP contribution in [-0.2, 0) is 6.54 Å². The summed E-state index contributed by atoms with van der Waals surface area (Å²) in [6, 6.07) is 0.665. The normalized spacial score (nSPS) is 23.8. The summed E-state index contributed by atoms with van der Waals surface area (Å²) >= 11 is 0. The summed E-state index contributed by atoms with van der Waals surface area (Å²) in [6.45, 7) is 2.77. The Morgan fingerprint density at radius 2 is 2.03 bits per heavy atom. The number of nitrogens with one attached hydrogen (secondary N) is 1. The molecule has 0 bridgehead atoms. The number of carbonyl (C=O) groups excluding carboxylic acids is 1. The van der Waals surface area contributed by atoms with E-state index < -0.39 is 24.3 Å². The number of hydrogen-bond donors (Lipinski definition) is 3. The highest BCUT2D eigenvalue weighted by atomic mass is 16.3. The standard InChI is InChI=1S/C20H28N8O3/c1-4-8-27-9-7-13(25-27)20(31)24-12-5-6-14(17(30)16(12)29)28-11-23-15-18(26(2)3)21-10-22-19(15)28/h7,9-12,14,16-17,29-30H,4-6,8H2,1-3H3,(H,24,31)/t12-,14-,16-,17-/m1/s1. The number of hydrogen-bond acceptors (Lipinski definition) is 8. The van der Waals surface area contributed by atoms with Crippen LogP contribution < -0.4 is 10.2 Å². The molecule has 1 aliphatic rings. The Balaban J connectivity index is 1.49. The van der Waals surface area contributed by atoms with Crippen LogP contribution >= 0.6 is 0 Å². The Morgan fingerprint density at radius 3 is 2.77 bits per heavy atom. The number of rotatable bonds is 6. The highest BCUT2D eigenvalue weighted by Crippen LogP contribution is 2.32. The van der Waals surface area contributed by atoms with Crippen LogP contribution in [0.25, 0.3) is 11.2 Å². The van der Waals surface area contributed by atoms with Crippen LogP contribution in [0.4, 0.5) is 5.82 Å². The molecule has 166 valence electrons. The van der Waals surface area contributed by atoms with Gasteiger partial charge in [0.15, 0.2) is 17.0 Å². The van der Waals surface area contributed by atoms with Crippen LogP contribution in [0.3, 0.4) is 0 Å². The molecule has 4 rings (SSSR count). The number of aliphatic hydroxyl groups is 2. The van der Waals surface area contributed by atoms with E-state index in [4.69, 9.17) is 0 Å². The highest BCUT2D eigenvalue weighted by molar-refractivity contribution is 5.92. The number of aromatic nitrogens is 6. The van der Waals surface area contributed by atoms with Crippen molar-refractivity contribution >= 4 is 22.9 Å². The topological polar surface area (TPSA) is 134 Å². The third-order valence-electron chi connectivity index (χ3n) is 5.69. The van der Waals surface area contributed by atoms with E-state index in [1.807, 2.05) is 25.9 Å². The van der Waals surface area contributed by atoms with E-state index in [2.05, 4.69) is 25.4 Å². The molecule has 3 heterocycles. The first-order valence-electron chi connectivity index (χ1n) is 10.5. The molecule has 0 spiro atoms. The number of aliphatic hydroxyl groups excluding tert-OH is 2. The van der Waals surface area contributed by atoms with Crippen molar-refractivity contribution in [1.82, 2.24) is 34.6 Å². The lowest BCUT2D eigenvalue weighted by Gasteiger charge is -2.38. The largest absolute Gasteiger partial charge is 0.388 e. The maximum atomic E-state index is 12.6. The minimum absolute atomic E-state index is 0.297. The Hall–Kier alpha value is -3.05. The van der Waals surface area contributed by atoms with Gasteiger partial charge in [-0.05, 0) is 25.3 Å². The lowest BCUT2D eigenvalue weighted by atomic mass is 9.85. The number of imidazole rings is 1. The first-order valence-corrected chi connectivity index (χ1v) is 10.5. The second-order valence-electron chi connectivity index (χ2n) is 8.09. The zero-order valence-electron chi connectivity index (χ0n) is 17.9. The van der Waals surface area contributed by atoms with E-state index in [9.17, 15) is 15.0 Å². The van der Waals surface area contributed by atoms with Crippen molar-refractivity contribution in [1.29, 1.82) is 0 Å². The SMILES string of the molecule is CCCn1ccc(C(=O)N[C@@H]2CC[C@@H](n3cnc4c(N(C)C)ncnc43)[C@@H](O)[C@@H]2O)n1. The van der Waals surface area contributed by atoms with Crippen molar-refractivity contribution in [3.63, 3.8) is 0 Å². The molecule has 0 aromatic carbocycles. The number of nitrogens with zero attached hydrogens (tertiary/aromatic N) is 7. The Bertz CT molecular complexity index is 1060. The van der Waals surface area contributed by atoms with Crippen LogP contribution in [0.1, 0.15) is 42.7 Å². The van der Waals surface area contributed by atoms with Crippen molar-refractivity contribution in [2.75, 3.05) is 19.0 Å². The maximum Gasteiger partial charge on any atom is 0.272 e. The van der Waals surface area contributed by atoms with Crippen molar-refractivity contribution in [3.05, 3.63) is 30.6 Å². The summed E-state index contributed by atoms with van der Waals surface area (Å²) < 4.78 is 3.49. The second kappa shape index (κ2) is 8.60. The smallest absolute Gasteiger partial charge is 0.272 e. The number of carbonyl (C=O) groups is 1. The van der Waals surface area contributed by atoms with Gasteiger partial charge in [-0.3, -0.25) is 9.48 Å². The molecular formula is C20H28N8O3. The van der Waals surface area contributed by atoms with Gasteiger partial charge in [0.1, 0.15) is 24.2 Å². The van der Waals surface area contributed by atoms with Gasteiger partial charge < -0.3 is 25.0 Å². The fourth-order valence-corrected chi connectivity index (χ4v) is 4.11. The summed E-state index contributed by atoms with van der Waals surface area (Å²) in [5, 5.41) is 28.7. The van der Waals surface area contributed by atoms with Crippen molar-refractivity contribution < 1.29 is 15.0 Å². The number of aryl methyl sites for hydroxylation is 1. The average Bonchev–Trinajstić information content (AvgIpc) is 3.39. The van der Waals surface area contributed by atoms with Gasteiger partial charge in [-0.15, -0.1) is 0 Å². The molecule has 1 aliphatic carbocycles. The molecule has 11 nitrogen and oxygen atoms in total.